The van der Waals surface area contributed by atoms with Crippen molar-refractivity contribution in [3.63, 3.8) is 0 Å². The summed E-state index contributed by atoms with van der Waals surface area (Å²) >= 11 is 7.67. The van der Waals surface area contributed by atoms with Crippen LogP contribution in [0.5, 0.6) is 0 Å². The van der Waals surface area contributed by atoms with Crippen molar-refractivity contribution >= 4 is 28.8 Å². The van der Waals surface area contributed by atoms with Gasteiger partial charge in [-0.2, -0.15) is 0 Å². The van der Waals surface area contributed by atoms with Crippen molar-refractivity contribution in [3.05, 3.63) is 39.1 Å². The molecule has 1 aliphatic carbocycles. The van der Waals surface area contributed by atoms with E-state index in [1.165, 1.54) is 49.2 Å². The fourth-order valence-electron chi connectivity index (χ4n) is 4.29. The fourth-order valence-corrected chi connectivity index (χ4v) is 5.61. The number of nitrogens with zero attached hydrogens (tertiary/aromatic N) is 3. The molecule has 0 spiro atoms. The zero-order valence-electron chi connectivity index (χ0n) is 16.3. The molecule has 0 radical (unpaired) electrons. The summed E-state index contributed by atoms with van der Waals surface area (Å²) in [6, 6.07) is 3.50. The molecule has 1 aromatic carbocycles. The van der Waals surface area contributed by atoms with E-state index in [4.69, 9.17) is 11.6 Å². The van der Waals surface area contributed by atoms with Crippen LogP contribution in [0.1, 0.15) is 46.6 Å². The van der Waals surface area contributed by atoms with Gasteiger partial charge in [-0.1, -0.05) is 24.4 Å². The standard InChI is InChI=1S/C21H25ClFN3OS/c1-13-11-15(23)12-17(18(13)22)20-24-14(2)19(28-20)21(27)26-9-7-25(8-10-26)16-5-3-4-6-16/h11-12,16H,3-10H2,1-2H3. The Morgan fingerprint density at radius 3 is 2.54 bits per heavy atom. The van der Waals surface area contributed by atoms with Crippen molar-refractivity contribution < 1.29 is 9.18 Å². The van der Waals surface area contributed by atoms with Gasteiger partial charge in [0.05, 0.1) is 10.7 Å². The summed E-state index contributed by atoms with van der Waals surface area (Å²) < 4.78 is 13.9. The predicted octanol–water partition coefficient (Wildman–Crippen LogP) is 4.92. The number of carbonyl (C=O) groups is 1. The highest BCUT2D eigenvalue weighted by atomic mass is 35.5. The van der Waals surface area contributed by atoms with E-state index in [9.17, 15) is 9.18 Å². The minimum atomic E-state index is -0.347. The number of carbonyl (C=O) groups excluding carboxylic acids is 1. The van der Waals surface area contributed by atoms with Crippen LogP contribution in [0.4, 0.5) is 4.39 Å². The molecule has 1 aliphatic heterocycles. The SMILES string of the molecule is Cc1cc(F)cc(-c2nc(C)c(C(=O)N3CCN(C4CCCC4)CC3)s2)c1Cl. The maximum atomic E-state index is 13.9. The second-order valence-electron chi connectivity index (χ2n) is 7.78. The maximum absolute atomic E-state index is 13.9. The smallest absolute Gasteiger partial charge is 0.265 e. The molecular formula is C21H25ClFN3OS. The highest BCUT2D eigenvalue weighted by Crippen LogP contribution is 2.36. The van der Waals surface area contributed by atoms with E-state index in [1.807, 2.05) is 11.8 Å². The van der Waals surface area contributed by atoms with Gasteiger partial charge in [-0.3, -0.25) is 9.69 Å². The average Bonchev–Trinajstić information content (AvgIpc) is 3.34. The normalized spacial score (nSPS) is 18.8. The number of piperazine rings is 1. The summed E-state index contributed by atoms with van der Waals surface area (Å²) in [5, 5.41) is 1.08. The van der Waals surface area contributed by atoms with Crippen LogP contribution in [0, 0.1) is 19.7 Å². The van der Waals surface area contributed by atoms with Crippen LogP contribution in [-0.2, 0) is 0 Å². The summed E-state index contributed by atoms with van der Waals surface area (Å²) in [6.07, 6.45) is 5.24. The molecule has 150 valence electrons. The summed E-state index contributed by atoms with van der Waals surface area (Å²) in [5.74, 6) is -0.322. The highest BCUT2D eigenvalue weighted by molar-refractivity contribution is 7.17. The molecule has 2 fully saturated rings. The van der Waals surface area contributed by atoms with E-state index in [2.05, 4.69) is 9.88 Å². The monoisotopic (exact) mass is 421 g/mol. The zero-order valence-corrected chi connectivity index (χ0v) is 17.9. The van der Waals surface area contributed by atoms with E-state index in [-0.39, 0.29) is 11.7 Å². The Balaban J connectivity index is 1.50. The molecule has 4 nitrogen and oxygen atoms in total. The lowest BCUT2D eigenvalue weighted by molar-refractivity contribution is 0.0577. The molecule has 2 aromatic rings. The van der Waals surface area contributed by atoms with Crippen LogP contribution >= 0.6 is 22.9 Å². The quantitative estimate of drug-likeness (QED) is 0.705. The van der Waals surface area contributed by atoms with Gasteiger partial charge in [0, 0.05) is 37.8 Å². The lowest BCUT2D eigenvalue weighted by Crippen LogP contribution is -2.51. The van der Waals surface area contributed by atoms with E-state index in [0.717, 1.165) is 26.2 Å². The van der Waals surface area contributed by atoms with Crippen LogP contribution < -0.4 is 0 Å². The average molecular weight is 422 g/mol. The summed E-state index contributed by atoms with van der Waals surface area (Å²) in [5.41, 5.74) is 1.90. The topological polar surface area (TPSA) is 36.4 Å². The number of rotatable bonds is 3. The van der Waals surface area contributed by atoms with Gasteiger partial charge in [0.25, 0.3) is 5.91 Å². The zero-order chi connectivity index (χ0) is 19.8. The van der Waals surface area contributed by atoms with Crippen LogP contribution in [0.3, 0.4) is 0 Å². The van der Waals surface area contributed by atoms with Gasteiger partial charge in [0.15, 0.2) is 0 Å². The van der Waals surface area contributed by atoms with E-state index in [0.29, 0.717) is 37.8 Å². The van der Waals surface area contributed by atoms with Crippen LogP contribution in [0.15, 0.2) is 12.1 Å². The number of aryl methyl sites for hydroxylation is 2. The molecule has 7 heteroatoms. The molecule has 0 bridgehead atoms. The third-order valence-corrected chi connectivity index (χ3v) is 7.56. The summed E-state index contributed by atoms with van der Waals surface area (Å²) in [7, 11) is 0. The van der Waals surface area contributed by atoms with Crippen molar-refractivity contribution in [2.75, 3.05) is 26.2 Å². The molecule has 1 saturated carbocycles. The summed E-state index contributed by atoms with van der Waals surface area (Å²) in [4.78, 5) is 22.7. The number of hydrogen-bond acceptors (Lipinski definition) is 4. The van der Waals surface area contributed by atoms with E-state index >= 15 is 0 Å². The molecule has 0 atom stereocenters. The predicted molar refractivity (Wildman–Crippen MR) is 112 cm³/mol. The number of amides is 1. The molecule has 2 heterocycles. The van der Waals surface area contributed by atoms with Gasteiger partial charge < -0.3 is 4.90 Å². The number of hydrogen-bond donors (Lipinski definition) is 0. The van der Waals surface area contributed by atoms with E-state index in [1.54, 1.807) is 6.92 Å². The first-order chi connectivity index (χ1) is 13.4. The Hall–Kier alpha value is -1.50. The largest absolute Gasteiger partial charge is 0.335 e. The third kappa shape index (κ3) is 3.82. The highest BCUT2D eigenvalue weighted by Gasteiger charge is 2.30. The second kappa shape index (κ2) is 8.09. The number of benzene rings is 1. The van der Waals surface area contributed by atoms with Crippen molar-refractivity contribution in [3.8, 4) is 10.6 Å². The number of thiazole rings is 1. The van der Waals surface area contributed by atoms with Gasteiger partial charge in [-0.25, -0.2) is 9.37 Å². The minimum absolute atomic E-state index is 0.0246. The number of halogens is 2. The lowest BCUT2D eigenvalue weighted by atomic mass is 10.1. The lowest BCUT2D eigenvalue weighted by Gasteiger charge is -2.37. The Morgan fingerprint density at radius 1 is 1.18 bits per heavy atom. The second-order valence-corrected chi connectivity index (χ2v) is 9.16. The van der Waals surface area contributed by atoms with Gasteiger partial charge >= 0.3 is 0 Å². The molecule has 1 aromatic heterocycles. The molecular weight excluding hydrogens is 397 g/mol. The maximum Gasteiger partial charge on any atom is 0.265 e. The van der Waals surface area contributed by atoms with E-state index < -0.39 is 0 Å². The molecule has 4 rings (SSSR count). The fraction of sp³-hybridized carbons (Fsp3) is 0.524. The Kier molecular flexibility index (Phi) is 5.72. The first kappa shape index (κ1) is 19.8. The first-order valence-corrected chi connectivity index (χ1v) is 11.1. The van der Waals surface area contributed by atoms with Crippen molar-refractivity contribution in [1.82, 2.24) is 14.8 Å². The molecule has 2 aliphatic rings. The molecule has 0 unspecified atom stereocenters. The van der Waals surface area contributed by atoms with Gasteiger partial charge in [0.2, 0.25) is 0 Å². The third-order valence-electron chi connectivity index (χ3n) is 5.88. The van der Waals surface area contributed by atoms with Crippen LogP contribution in [0.2, 0.25) is 5.02 Å². The van der Waals surface area contributed by atoms with Crippen molar-refractivity contribution in [2.45, 2.75) is 45.6 Å². The van der Waals surface area contributed by atoms with Crippen LogP contribution in [0.25, 0.3) is 10.6 Å². The first-order valence-electron chi connectivity index (χ1n) is 9.91. The molecule has 0 N–H and O–H groups in total. The van der Waals surface area contributed by atoms with Crippen LogP contribution in [-0.4, -0.2) is 52.9 Å². The van der Waals surface area contributed by atoms with Crippen molar-refractivity contribution in [1.29, 1.82) is 0 Å². The molecule has 1 amide bonds. The molecule has 1 saturated heterocycles. The van der Waals surface area contributed by atoms with Gasteiger partial charge in [0.1, 0.15) is 15.7 Å². The van der Waals surface area contributed by atoms with Crippen molar-refractivity contribution in [2.24, 2.45) is 0 Å². The Labute approximate surface area is 174 Å². The number of aromatic nitrogens is 1. The Morgan fingerprint density at radius 2 is 1.86 bits per heavy atom. The Bertz CT molecular complexity index is 886. The van der Waals surface area contributed by atoms with Gasteiger partial charge in [-0.05, 0) is 44.4 Å². The minimum Gasteiger partial charge on any atom is -0.335 e. The summed E-state index contributed by atoms with van der Waals surface area (Å²) in [6.45, 7) is 6.99. The van der Waals surface area contributed by atoms with Gasteiger partial charge in [-0.15, -0.1) is 11.3 Å². The molecule has 28 heavy (non-hydrogen) atoms.